The molecule has 8 heteroatoms. The molecule has 0 radical (unpaired) electrons. The number of nitrogens with one attached hydrogen (secondary N) is 1. The predicted molar refractivity (Wildman–Crippen MR) is 74.0 cm³/mol. The molecule has 0 bridgehead atoms. The van der Waals surface area contributed by atoms with Gasteiger partial charge in [-0.25, -0.2) is 9.78 Å². The van der Waals surface area contributed by atoms with Crippen LogP contribution in [0.3, 0.4) is 0 Å². The van der Waals surface area contributed by atoms with Gasteiger partial charge in [-0.1, -0.05) is 0 Å². The molecule has 0 saturated carbocycles. The number of hydrogen-bond donors (Lipinski definition) is 1. The number of anilines is 1. The minimum atomic E-state index is -0.519. The van der Waals surface area contributed by atoms with Crippen LogP contribution < -0.4 is 5.32 Å². The van der Waals surface area contributed by atoms with Crippen molar-refractivity contribution in [2.24, 2.45) is 7.05 Å². The van der Waals surface area contributed by atoms with Crippen molar-refractivity contribution in [3.63, 3.8) is 0 Å². The first kappa shape index (κ1) is 14.2. The zero-order chi connectivity index (χ0) is 14.7. The number of aryl methyl sites for hydroxylation is 2. The average molecular weight is 294 g/mol. The molecule has 0 unspecified atom stereocenters. The van der Waals surface area contributed by atoms with Crippen LogP contribution in [0.4, 0.5) is 5.69 Å². The van der Waals surface area contributed by atoms with Crippen LogP contribution in [0, 0.1) is 6.92 Å². The van der Waals surface area contributed by atoms with E-state index in [0.29, 0.717) is 11.4 Å². The van der Waals surface area contributed by atoms with Crippen molar-refractivity contribution in [3.05, 3.63) is 28.0 Å². The number of ether oxygens (including phenoxy) is 1. The minimum Gasteiger partial charge on any atom is -0.461 e. The van der Waals surface area contributed by atoms with Crippen molar-refractivity contribution in [1.82, 2.24) is 14.8 Å². The van der Waals surface area contributed by atoms with Gasteiger partial charge in [-0.2, -0.15) is 5.10 Å². The minimum absolute atomic E-state index is 0.167. The lowest BCUT2D eigenvalue weighted by Crippen LogP contribution is -2.13. The molecule has 1 amide bonds. The first-order valence-electron chi connectivity index (χ1n) is 5.95. The number of thiazole rings is 1. The quantitative estimate of drug-likeness (QED) is 0.866. The van der Waals surface area contributed by atoms with Gasteiger partial charge in [0.25, 0.3) is 5.91 Å². The summed E-state index contributed by atoms with van der Waals surface area (Å²) in [4.78, 5) is 27.5. The molecule has 7 nitrogen and oxygen atoms in total. The molecule has 0 aromatic carbocycles. The highest BCUT2D eigenvalue weighted by Gasteiger charge is 2.17. The molecule has 0 atom stereocenters. The largest absolute Gasteiger partial charge is 0.461 e. The van der Waals surface area contributed by atoms with Crippen LogP contribution in [0.5, 0.6) is 0 Å². The van der Waals surface area contributed by atoms with Crippen molar-refractivity contribution in [2.75, 3.05) is 11.9 Å². The number of esters is 1. The second-order valence-electron chi connectivity index (χ2n) is 4.01. The maximum absolute atomic E-state index is 12.0. The smallest absolute Gasteiger partial charge is 0.367 e. The van der Waals surface area contributed by atoms with Gasteiger partial charge in [0, 0.05) is 18.6 Å². The van der Waals surface area contributed by atoms with Gasteiger partial charge < -0.3 is 10.1 Å². The van der Waals surface area contributed by atoms with Gasteiger partial charge in [0.1, 0.15) is 5.69 Å². The molecule has 0 aliphatic carbocycles. The lowest BCUT2D eigenvalue weighted by atomic mass is 10.3. The second kappa shape index (κ2) is 5.83. The van der Waals surface area contributed by atoms with Gasteiger partial charge in [0.15, 0.2) is 0 Å². The summed E-state index contributed by atoms with van der Waals surface area (Å²) < 4.78 is 6.43. The Morgan fingerprint density at radius 1 is 1.50 bits per heavy atom. The normalized spacial score (nSPS) is 10.3. The monoisotopic (exact) mass is 294 g/mol. The lowest BCUT2D eigenvalue weighted by Gasteiger charge is -2.00. The number of aromatic nitrogens is 3. The summed E-state index contributed by atoms with van der Waals surface area (Å²) in [5.41, 5.74) is 1.51. The molecule has 1 N–H and O–H groups in total. The first-order valence-corrected chi connectivity index (χ1v) is 6.83. The van der Waals surface area contributed by atoms with Gasteiger partial charge in [-0.3, -0.25) is 9.48 Å². The topological polar surface area (TPSA) is 86.1 Å². The fourth-order valence-corrected chi connectivity index (χ4v) is 2.26. The standard InChI is InChI=1S/C12H14N4O3S/c1-4-19-12(18)11-14-9(6-20-11)10(17)13-8-5-16(3)15-7(8)2/h5-6H,4H2,1-3H3,(H,13,17). The molecule has 0 spiro atoms. The molecule has 2 heterocycles. The van der Waals surface area contributed by atoms with E-state index in [1.165, 1.54) is 5.38 Å². The van der Waals surface area contributed by atoms with Crippen LogP contribution in [0.15, 0.2) is 11.6 Å². The number of hydrogen-bond acceptors (Lipinski definition) is 6. The highest BCUT2D eigenvalue weighted by molar-refractivity contribution is 7.11. The van der Waals surface area contributed by atoms with Crippen molar-refractivity contribution >= 4 is 28.9 Å². The highest BCUT2D eigenvalue weighted by atomic mass is 32.1. The lowest BCUT2D eigenvalue weighted by molar-refractivity contribution is 0.0526. The van der Waals surface area contributed by atoms with Crippen LogP contribution in [0.1, 0.15) is 32.9 Å². The van der Waals surface area contributed by atoms with Crippen molar-refractivity contribution in [3.8, 4) is 0 Å². The van der Waals surface area contributed by atoms with Gasteiger partial charge in [-0.05, 0) is 13.8 Å². The second-order valence-corrected chi connectivity index (χ2v) is 4.87. The zero-order valence-electron chi connectivity index (χ0n) is 11.3. The molecule has 0 aliphatic rings. The summed E-state index contributed by atoms with van der Waals surface area (Å²) in [7, 11) is 1.77. The van der Waals surface area contributed by atoms with E-state index in [9.17, 15) is 9.59 Å². The summed E-state index contributed by atoms with van der Waals surface area (Å²) >= 11 is 1.08. The average Bonchev–Trinajstić information content (AvgIpc) is 2.97. The Labute approximate surface area is 119 Å². The number of amides is 1. The van der Waals surface area contributed by atoms with Crippen molar-refractivity contribution in [2.45, 2.75) is 13.8 Å². The van der Waals surface area contributed by atoms with E-state index in [2.05, 4.69) is 15.4 Å². The molecule has 0 aliphatic heterocycles. The van der Waals surface area contributed by atoms with E-state index in [4.69, 9.17) is 4.74 Å². The number of carbonyl (C=O) groups is 2. The summed E-state index contributed by atoms with van der Waals surface area (Å²) in [6, 6.07) is 0. The van der Waals surface area contributed by atoms with Crippen LogP contribution in [-0.4, -0.2) is 33.2 Å². The maximum Gasteiger partial charge on any atom is 0.367 e. The fourth-order valence-electron chi connectivity index (χ4n) is 1.57. The summed E-state index contributed by atoms with van der Waals surface area (Å²) in [5.74, 6) is -0.901. The van der Waals surface area contributed by atoms with E-state index in [0.717, 1.165) is 11.3 Å². The molecule has 2 rings (SSSR count). The van der Waals surface area contributed by atoms with Gasteiger partial charge in [-0.15, -0.1) is 11.3 Å². The Morgan fingerprint density at radius 2 is 2.25 bits per heavy atom. The van der Waals surface area contributed by atoms with Gasteiger partial charge in [0.05, 0.1) is 18.0 Å². The Kier molecular flexibility index (Phi) is 4.14. The van der Waals surface area contributed by atoms with E-state index < -0.39 is 5.97 Å². The predicted octanol–water partition coefficient (Wildman–Crippen LogP) is 1.61. The Hall–Kier alpha value is -2.22. The highest BCUT2D eigenvalue weighted by Crippen LogP contribution is 2.15. The number of nitrogens with zero attached hydrogens (tertiary/aromatic N) is 3. The number of carbonyl (C=O) groups excluding carboxylic acids is 2. The van der Waals surface area contributed by atoms with E-state index >= 15 is 0 Å². The van der Waals surface area contributed by atoms with E-state index in [1.807, 2.05) is 0 Å². The summed E-state index contributed by atoms with van der Waals surface area (Å²) in [6.07, 6.45) is 1.70. The molecule has 2 aromatic heterocycles. The van der Waals surface area contributed by atoms with Crippen LogP contribution in [0.25, 0.3) is 0 Å². The van der Waals surface area contributed by atoms with E-state index in [1.54, 1.807) is 31.8 Å². The Morgan fingerprint density at radius 3 is 2.85 bits per heavy atom. The SMILES string of the molecule is CCOC(=O)c1nc(C(=O)Nc2cn(C)nc2C)cs1. The Balaban J connectivity index is 2.10. The molecule has 0 saturated heterocycles. The Bertz CT molecular complexity index is 647. The van der Waals surface area contributed by atoms with Crippen LogP contribution >= 0.6 is 11.3 Å². The molecular weight excluding hydrogens is 280 g/mol. The third-order valence-corrected chi connectivity index (χ3v) is 3.27. The molecular formula is C12H14N4O3S. The van der Waals surface area contributed by atoms with Gasteiger partial charge >= 0.3 is 5.97 Å². The number of rotatable bonds is 4. The third-order valence-electron chi connectivity index (χ3n) is 2.45. The first-order chi connectivity index (χ1) is 9.51. The molecule has 2 aromatic rings. The summed E-state index contributed by atoms with van der Waals surface area (Å²) in [6.45, 7) is 3.78. The fraction of sp³-hybridized carbons (Fsp3) is 0.333. The van der Waals surface area contributed by atoms with Crippen molar-refractivity contribution < 1.29 is 14.3 Å². The molecule has 106 valence electrons. The van der Waals surface area contributed by atoms with Crippen LogP contribution in [0.2, 0.25) is 0 Å². The summed E-state index contributed by atoms with van der Waals surface area (Å²) in [5, 5.41) is 8.51. The van der Waals surface area contributed by atoms with E-state index in [-0.39, 0.29) is 23.2 Å². The van der Waals surface area contributed by atoms with Crippen LogP contribution in [-0.2, 0) is 11.8 Å². The molecule has 0 fully saturated rings. The molecule has 20 heavy (non-hydrogen) atoms. The zero-order valence-corrected chi connectivity index (χ0v) is 12.2. The maximum atomic E-state index is 12.0. The van der Waals surface area contributed by atoms with Crippen molar-refractivity contribution in [1.29, 1.82) is 0 Å². The third kappa shape index (κ3) is 3.02. The van der Waals surface area contributed by atoms with Gasteiger partial charge in [0.2, 0.25) is 5.01 Å².